The molecule has 72 valence electrons. The van der Waals surface area contributed by atoms with Crippen LogP contribution in [0.2, 0.25) is 0 Å². The molecule has 1 unspecified atom stereocenters. The van der Waals surface area contributed by atoms with Crippen LogP contribution in [0.3, 0.4) is 0 Å². The highest BCUT2D eigenvalue weighted by Gasteiger charge is 2.31. The number of hydrogen-bond acceptors (Lipinski definition) is 4. The minimum absolute atomic E-state index is 0.108. The van der Waals surface area contributed by atoms with Crippen molar-refractivity contribution < 1.29 is 9.63 Å². The third-order valence-corrected chi connectivity index (χ3v) is 2.42. The maximum atomic E-state index is 8.75. The van der Waals surface area contributed by atoms with Crippen LogP contribution in [0, 0.1) is 0 Å². The summed E-state index contributed by atoms with van der Waals surface area (Å²) in [7, 11) is 0. The Labute approximate surface area is 76.7 Å². The molecular weight excluding hydrogens is 168 g/mol. The summed E-state index contributed by atoms with van der Waals surface area (Å²) in [5, 5.41) is 12.5. The second-order valence-corrected chi connectivity index (χ2v) is 3.54. The van der Waals surface area contributed by atoms with Crippen LogP contribution in [-0.4, -0.2) is 16.9 Å². The van der Waals surface area contributed by atoms with E-state index in [4.69, 9.17) is 15.4 Å². The van der Waals surface area contributed by atoms with E-state index in [0.29, 0.717) is 12.3 Å². The molecule has 0 aliphatic heterocycles. The van der Waals surface area contributed by atoms with Crippen LogP contribution in [0.25, 0.3) is 0 Å². The molecule has 0 saturated heterocycles. The molecule has 4 nitrogen and oxygen atoms in total. The average Bonchev–Trinajstić information content (AvgIpc) is 2.84. The van der Waals surface area contributed by atoms with E-state index in [-0.39, 0.29) is 12.6 Å². The van der Waals surface area contributed by atoms with Gasteiger partial charge < -0.3 is 15.4 Å². The Kier molecular flexibility index (Phi) is 2.33. The molecule has 1 heterocycles. The summed E-state index contributed by atoms with van der Waals surface area (Å²) in [6, 6.07) is -0.133. The van der Waals surface area contributed by atoms with Crippen molar-refractivity contribution in [3.8, 4) is 0 Å². The van der Waals surface area contributed by atoms with Gasteiger partial charge in [0.15, 0.2) is 0 Å². The predicted molar refractivity (Wildman–Crippen MR) is 47.1 cm³/mol. The molecule has 1 aliphatic rings. The minimum Gasteiger partial charge on any atom is -0.396 e. The third kappa shape index (κ3) is 1.73. The maximum Gasteiger partial charge on any atom is 0.144 e. The van der Waals surface area contributed by atoms with Crippen molar-refractivity contribution in [3.63, 3.8) is 0 Å². The Bertz CT molecular complexity index is 281. The summed E-state index contributed by atoms with van der Waals surface area (Å²) in [4.78, 5) is 0. The molecule has 3 N–H and O–H groups in total. The van der Waals surface area contributed by atoms with Crippen LogP contribution in [0.4, 0.5) is 0 Å². The van der Waals surface area contributed by atoms with Crippen molar-refractivity contribution in [2.24, 2.45) is 5.73 Å². The molecule has 1 atom stereocenters. The predicted octanol–water partition coefficient (Wildman–Crippen LogP) is 0.934. The zero-order valence-electron chi connectivity index (χ0n) is 7.44. The third-order valence-electron chi connectivity index (χ3n) is 2.42. The van der Waals surface area contributed by atoms with E-state index in [0.717, 1.165) is 11.3 Å². The topological polar surface area (TPSA) is 72.3 Å². The monoisotopic (exact) mass is 182 g/mol. The Morgan fingerprint density at radius 2 is 2.46 bits per heavy atom. The van der Waals surface area contributed by atoms with E-state index in [2.05, 4.69) is 5.16 Å². The normalized spacial score (nSPS) is 18.9. The molecule has 13 heavy (non-hydrogen) atoms. The van der Waals surface area contributed by atoms with Crippen LogP contribution in [-0.2, 0) is 0 Å². The van der Waals surface area contributed by atoms with E-state index < -0.39 is 0 Å². The lowest BCUT2D eigenvalue weighted by Crippen LogP contribution is -2.12. The highest BCUT2D eigenvalue weighted by molar-refractivity contribution is 5.24. The lowest BCUT2D eigenvalue weighted by Gasteiger charge is -2.07. The highest BCUT2D eigenvalue weighted by atomic mass is 16.5. The van der Waals surface area contributed by atoms with Gasteiger partial charge in [-0.15, -0.1) is 0 Å². The highest BCUT2D eigenvalue weighted by Crippen LogP contribution is 2.42. The fourth-order valence-electron chi connectivity index (χ4n) is 1.49. The first-order chi connectivity index (χ1) is 6.33. The number of hydrogen-bond donors (Lipinski definition) is 2. The quantitative estimate of drug-likeness (QED) is 0.726. The van der Waals surface area contributed by atoms with Crippen molar-refractivity contribution in [1.82, 2.24) is 5.16 Å². The minimum atomic E-state index is -0.133. The standard InChI is InChI=1S/C9H14N2O2/c10-8(3-4-12)7-5-11-13-9(7)6-1-2-6/h5-6,8,12H,1-4,10H2. The van der Waals surface area contributed by atoms with Gasteiger partial charge in [-0.2, -0.15) is 0 Å². The maximum absolute atomic E-state index is 8.75. The van der Waals surface area contributed by atoms with Crippen LogP contribution in [0.15, 0.2) is 10.7 Å². The number of nitrogens with two attached hydrogens (primary N) is 1. The summed E-state index contributed by atoms with van der Waals surface area (Å²) in [5.74, 6) is 1.46. The fourth-order valence-corrected chi connectivity index (χ4v) is 1.49. The number of aliphatic hydroxyl groups is 1. The van der Waals surface area contributed by atoms with Crippen LogP contribution >= 0.6 is 0 Å². The van der Waals surface area contributed by atoms with E-state index >= 15 is 0 Å². The van der Waals surface area contributed by atoms with Gasteiger partial charge in [0.05, 0.1) is 6.20 Å². The van der Waals surface area contributed by atoms with Gasteiger partial charge in [0.25, 0.3) is 0 Å². The second-order valence-electron chi connectivity index (χ2n) is 3.54. The number of aliphatic hydroxyl groups excluding tert-OH is 1. The molecule has 1 fully saturated rings. The molecule has 0 spiro atoms. The first kappa shape index (κ1) is 8.72. The van der Waals surface area contributed by atoms with Crippen molar-refractivity contribution in [2.45, 2.75) is 31.2 Å². The number of rotatable bonds is 4. The van der Waals surface area contributed by atoms with Crippen molar-refractivity contribution in [2.75, 3.05) is 6.61 Å². The largest absolute Gasteiger partial charge is 0.396 e. The SMILES string of the molecule is NC(CCO)c1cnoc1C1CC1. The summed E-state index contributed by atoms with van der Waals surface area (Å²) in [5.41, 5.74) is 6.83. The van der Waals surface area contributed by atoms with Gasteiger partial charge in [0, 0.05) is 24.1 Å². The zero-order chi connectivity index (χ0) is 9.26. The van der Waals surface area contributed by atoms with Crippen LogP contribution in [0.1, 0.15) is 42.5 Å². The van der Waals surface area contributed by atoms with E-state index in [1.165, 1.54) is 12.8 Å². The lowest BCUT2D eigenvalue weighted by atomic mass is 10.0. The van der Waals surface area contributed by atoms with Crippen LogP contribution in [0.5, 0.6) is 0 Å². The molecule has 0 bridgehead atoms. The Morgan fingerprint density at radius 1 is 1.69 bits per heavy atom. The number of nitrogens with zero attached hydrogens (tertiary/aromatic N) is 1. The van der Waals surface area contributed by atoms with Gasteiger partial charge in [-0.05, 0) is 19.3 Å². The first-order valence-electron chi connectivity index (χ1n) is 4.64. The molecule has 4 heteroatoms. The van der Waals surface area contributed by atoms with Crippen LogP contribution < -0.4 is 5.73 Å². The van der Waals surface area contributed by atoms with Gasteiger partial charge in [0.2, 0.25) is 0 Å². The molecule has 1 aromatic rings. The van der Waals surface area contributed by atoms with E-state index in [1.807, 2.05) is 0 Å². The average molecular weight is 182 g/mol. The molecule has 1 aliphatic carbocycles. The van der Waals surface area contributed by atoms with Crippen molar-refractivity contribution >= 4 is 0 Å². The lowest BCUT2D eigenvalue weighted by molar-refractivity contribution is 0.275. The van der Waals surface area contributed by atoms with Gasteiger partial charge in [-0.3, -0.25) is 0 Å². The zero-order valence-corrected chi connectivity index (χ0v) is 7.44. The van der Waals surface area contributed by atoms with E-state index in [1.54, 1.807) is 6.20 Å². The Balaban J connectivity index is 2.13. The molecule has 0 amide bonds. The van der Waals surface area contributed by atoms with Gasteiger partial charge >= 0.3 is 0 Å². The molecule has 2 rings (SSSR count). The smallest absolute Gasteiger partial charge is 0.144 e. The van der Waals surface area contributed by atoms with Gasteiger partial charge in [-0.25, -0.2) is 0 Å². The molecule has 0 radical (unpaired) electrons. The second kappa shape index (κ2) is 3.47. The fraction of sp³-hybridized carbons (Fsp3) is 0.667. The number of aromatic nitrogens is 1. The summed E-state index contributed by atoms with van der Waals surface area (Å²) >= 11 is 0. The Hall–Kier alpha value is -0.870. The molecule has 0 aromatic carbocycles. The summed E-state index contributed by atoms with van der Waals surface area (Å²) < 4.78 is 5.14. The van der Waals surface area contributed by atoms with Crippen molar-refractivity contribution in [3.05, 3.63) is 17.5 Å². The molecule has 1 aromatic heterocycles. The van der Waals surface area contributed by atoms with Gasteiger partial charge in [-0.1, -0.05) is 5.16 Å². The first-order valence-corrected chi connectivity index (χ1v) is 4.64. The van der Waals surface area contributed by atoms with Crippen molar-refractivity contribution in [1.29, 1.82) is 0 Å². The molecular formula is C9H14N2O2. The summed E-state index contributed by atoms with van der Waals surface area (Å²) in [6.45, 7) is 0.108. The summed E-state index contributed by atoms with van der Waals surface area (Å²) in [6.07, 6.45) is 4.59. The van der Waals surface area contributed by atoms with Gasteiger partial charge in [0.1, 0.15) is 5.76 Å². The molecule has 1 saturated carbocycles. The Morgan fingerprint density at radius 3 is 3.08 bits per heavy atom. The van der Waals surface area contributed by atoms with E-state index in [9.17, 15) is 0 Å².